The van der Waals surface area contributed by atoms with Crippen LogP contribution in [-0.2, 0) is 0 Å². The maximum atomic E-state index is 13.2. The Hall–Kier alpha value is -1.68. The molecule has 0 saturated carbocycles. The molecule has 1 nitrogen and oxygen atoms in total. The molecule has 0 aliphatic carbocycles. The minimum absolute atomic E-state index is 0.159. The van der Waals surface area contributed by atoms with Gasteiger partial charge in [-0.25, -0.2) is 13.2 Å². The molecule has 0 bridgehead atoms. The van der Waals surface area contributed by atoms with Gasteiger partial charge in [-0.05, 0) is 42.3 Å². The molecule has 0 amide bonds. The van der Waals surface area contributed by atoms with Gasteiger partial charge in [-0.3, -0.25) is 0 Å². The fraction of sp³-hybridized carbons (Fsp3) is 0.200. The van der Waals surface area contributed by atoms with Gasteiger partial charge in [-0.2, -0.15) is 0 Å². The predicted octanol–water partition coefficient (Wildman–Crippen LogP) is 4.83. The fourth-order valence-electron chi connectivity index (χ4n) is 1.81. The molecule has 2 aromatic carbocycles. The minimum atomic E-state index is -1.50. The molecule has 0 saturated heterocycles. The zero-order valence-corrected chi connectivity index (χ0v) is 11.4. The second-order valence-corrected chi connectivity index (χ2v) is 4.60. The Balaban J connectivity index is 2.28. The molecule has 5 heteroatoms. The van der Waals surface area contributed by atoms with Crippen molar-refractivity contribution in [3.05, 3.63) is 65.0 Å². The molecular formula is C15H12ClF3O. The summed E-state index contributed by atoms with van der Waals surface area (Å²) >= 11 is 6.16. The van der Waals surface area contributed by atoms with E-state index in [0.717, 1.165) is 12.1 Å². The Morgan fingerprint density at radius 1 is 1.00 bits per heavy atom. The van der Waals surface area contributed by atoms with E-state index in [0.29, 0.717) is 17.9 Å². The normalized spacial score (nSPS) is 12.2. The molecule has 1 atom stereocenters. The highest BCUT2D eigenvalue weighted by molar-refractivity contribution is 6.22. The molecule has 2 rings (SSSR count). The largest absolute Gasteiger partial charge is 0.494 e. The zero-order valence-electron chi connectivity index (χ0n) is 10.7. The first-order chi connectivity index (χ1) is 9.52. The quantitative estimate of drug-likeness (QED) is 0.580. The number of halogens is 4. The Morgan fingerprint density at radius 2 is 1.55 bits per heavy atom. The van der Waals surface area contributed by atoms with Crippen LogP contribution < -0.4 is 4.74 Å². The van der Waals surface area contributed by atoms with Crippen molar-refractivity contribution < 1.29 is 17.9 Å². The van der Waals surface area contributed by atoms with Gasteiger partial charge in [0, 0.05) is 0 Å². The summed E-state index contributed by atoms with van der Waals surface area (Å²) in [6.45, 7) is 2.40. The summed E-state index contributed by atoms with van der Waals surface area (Å²) in [5.41, 5.74) is 0.799. The van der Waals surface area contributed by atoms with E-state index in [-0.39, 0.29) is 5.56 Å². The van der Waals surface area contributed by atoms with Crippen molar-refractivity contribution >= 4 is 11.6 Å². The number of benzene rings is 2. The van der Waals surface area contributed by atoms with Crippen LogP contribution >= 0.6 is 11.6 Å². The molecular weight excluding hydrogens is 289 g/mol. The number of ether oxygens (including phenoxy) is 1. The zero-order chi connectivity index (χ0) is 14.7. The van der Waals surface area contributed by atoms with Gasteiger partial charge in [0.2, 0.25) is 0 Å². The lowest BCUT2D eigenvalue weighted by molar-refractivity contribution is 0.340. The summed E-state index contributed by atoms with van der Waals surface area (Å²) in [7, 11) is 0. The highest BCUT2D eigenvalue weighted by atomic mass is 35.5. The summed E-state index contributed by atoms with van der Waals surface area (Å²) in [6.07, 6.45) is 0. The lowest BCUT2D eigenvalue weighted by Gasteiger charge is -2.12. The van der Waals surface area contributed by atoms with E-state index in [2.05, 4.69) is 0 Å². The Labute approximate surface area is 119 Å². The summed E-state index contributed by atoms with van der Waals surface area (Å²) in [5, 5.41) is -0.768. The molecule has 0 aliphatic heterocycles. The molecule has 0 fully saturated rings. The first-order valence-electron chi connectivity index (χ1n) is 6.04. The molecule has 0 N–H and O–H groups in total. The highest BCUT2D eigenvalue weighted by Crippen LogP contribution is 2.31. The fourth-order valence-corrected chi connectivity index (χ4v) is 2.09. The second kappa shape index (κ2) is 6.18. The van der Waals surface area contributed by atoms with Gasteiger partial charge in [0.25, 0.3) is 0 Å². The molecule has 0 heterocycles. The van der Waals surface area contributed by atoms with Crippen molar-refractivity contribution in [2.45, 2.75) is 12.3 Å². The third-order valence-electron chi connectivity index (χ3n) is 2.78. The van der Waals surface area contributed by atoms with Crippen LogP contribution in [0.4, 0.5) is 13.2 Å². The molecule has 0 aromatic heterocycles. The van der Waals surface area contributed by atoms with E-state index in [1.165, 1.54) is 0 Å². The smallest absolute Gasteiger partial charge is 0.194 e. The van der Waals surface area contributed by atoms with E-state index in [9.17, 15) is 13.2 Å². The molecule has 20 heavy (non-hydrogen) atoms. The molecule has 1 unspecified atom stereocenters. The lowest BCUT2D eigenvalue weighted by atomic mass is 10.0. The van der Waals surface area contributed by atoms with Crippen LogP contribution in [0.15, 0.2) is 36.4 Å². The third kappa shape index (κ3) is 3.07. The monoisotopic (exact) mass is 300 g/mol. The maximum Gasteiger partial charge on any atom is 0.194 e. The second-order valence-electron chi connectivity index (χ2n) is 4.16. The van der Waals surface area contributed by atoms with Gasteiger partial charge in [-0.15, -0.1) is 11.6 Å². The van der Waals surface area contributed by atoms with E-state index < -0.39 is 22.8 Å². The standard InChI is InChI=1S/C15H12ClF3O/c1-2-20-11-5-3-9(4-6-11)14(16)10-7-12(17)15(19)13(18)8-10/h3-8,14H,2H2,1H3. The van der Waals surface area contributed by atoms with Crippen LogP contribution in [0, 0.1) is 17.5 Å². The van der Waals surface area contributed by atoms with Crippen molar-refractivity contribution in [1.82, 2.24) is 0 Å². The average Bonchev–Trinajstić information content (AvgIpc) is 2.44. The number of rotatable bonds is 4. The Bertz CT molecular complexity index is 576. The summed E-state index contributed by atoms with van der Waals surface area (Å²) in [5.74, 6) is -3.32. The topological polar surface area (TPSA) is 9.23 Å². The predicted molar refractivity (Wildman–Crippen MR) is 71.6 cm³/mol. The third-order valence-corrected chi connectivity index (χ3v) is 3.29. The van der Waals surface area contributed by atoms with Gasteiger partial charge >= 0.3 is 0 Å². The average molecular weight is 301 g/mol. The summed E-state index contributed by atoms with van der Waals surface area (Å²) in [4.78, 5) is 0. The van der Waals surface area contributed by atoms with E-state index in [1.807, 2.05) is 6.92 Å². The number of alkyl halides is 1. The van der Waals surface area contributed by atoms with Crippen LogP contribution in [0.3, 0.4) is 0 Å². The maximum absolute atomic E-state index is 13.2. The van der Waals surface area contributed by atoms with Gasteiger partial charge < -0.3 is 4.74 Å². The summed E-state index contributed by atoms with van der Waals surface area (Å²) < 4.78 is 44.6. The molecule has 0 spiro atoms. The first kappa shape index (κ1) is 14.7. The van der Waals surface area contributed by atoms with Crippen LogP contribution in [0.25, 0.3) is 0 Å². The Morgan fingerprint density at radius 3 is 2.05 bits per heavy atom. The first-order valence-corrected chi connectivity index (χ1v) is 6.47. The van der Waals surface area contributed by atoms with Crippen molar-refractivity contribution in [3.63, 3.8) is 0 Å². The molecule has 0 radical (unpaired) electrons. The van der Waals surface area contributed by atoms with Gasteiger partial charge in [0.05, 0.1) is 12.0 Å². The van der Waals surface area contributed by atoms with Crippen molar-refractivity contribution in [2.75, 3.05) is 6.61 Å². The van der Waals surface area contributed by atoms with Crippen LogP contribution in [0.2, 0.25) is 0 Å². The van der Waals surface area contributed by atoms with Gasteiger partial charge in [-0.1, -0.05) is 12.1 Å². The van der Waals surface area contributed by atoms with E-state index in [1.54, 1.807) is 24.3 Å². The number of hydrogen-bond donors (Lipinski definition) is 0. The van der Waals surface area contributed by atoms with Crippen LogP contribution in [0.5, 0.6) is 5.75 Å². The van der Waals surface area contributed by atoms with Gasteiger partial charge in [0.15, 0.2) is 17.5 Å². The van der Waals surface area contributed by atoms with E-state index >= 15 is 0 Å². The lowest BCUT2D eigenvalue weighted by Crippen LogP contribution is -1.99. The van der Waals surface area contributed by atoms with Crippen LogP contribution in [0.1, 0.15) is 23.4 Å². The summed E-state index contributed by atoms with van der Waals surface area (Å²) in [6, 6.07) is 8.61. The van der Waals surface area contributed by atoms with Gasteiger partial charge in [0.1, 0.15) is 5.75 Å². The SMILES string of the molecule is CCOc1ccc(C(Cl)c2cc(F)c(F)c(F)c2)cc1. The molecule has 0 aliphatic rings. The van der Waals surface area contributed by atoms with Crippen molar-refractivity contribution in [1.29, 1.82) is 0 Å². The minimum Gasteiger partial charge on any atom is -0.494 e. The highest BCUT2D eigenvalue weighted by Gasteiger charge is 2.17. The Kier molecular flexibility index (Phi) is 4.55. The van der Waals surface area contributed by atoms with Crippen LogP contribution in [-0.4, -0.2) is 6.61 Å². The number of hydrogen-bond acceptors (Lipinski definition) is 1. The van der Waals surface area contributed by atoms with Crippen molar-refractivity contribution in [2.24, 2.45) is 0 Å². The molecule has 106 valence electrons. The molecule has 2 aromatic rings. The van der Waals surface area contributed by atoms with Crippen molar-refractivity contribution in [3.8, 4) is 5.75 Å². The van der Waals surface area contributed by atoms with E-state index in [4.69, 9.17) is 16.3 Å².